The van der Waals surface area contributed by atoms with E-state index < -0.39 is 5.82 Å². The summed E-state index contributed by atoms with van der Waals surface area (Å²) in [5.41, 5.74) is 7.66. The summed E-state index contributed by atoms with van der Waals surface area (Å²) in [6.45, 7) is 0.650. The molecule has 0 amide bonds. The van der Waals surface area contributed by atoms with Gasteiger partial charge in [0.15, 0.2) is 11.6 Å². The smallest absolute Gasteiger partial charge is 0.195 e. The molecule has 30 heavy (non-hydrogen) atoms. The highest BCUT2D eigenvalue weighted by molar-refractivity contribution is 9.10. The Kier molecular flexibility index (Phi) is 4.79. The molecule has 1 aliphatic rings. The van der Waals surface area contributed by atoms with Crippen LogP contribution in [0.3, 0.4) is 0 Å². The summed E-state index contributed by atoms with van der Waals surface area (Å²) in [6.07, 6.45) is 4.30. The first-order valence-electron chi connectivity index (χ1n) is 9.85. The van der Waals surface area contributed by atoms with Crippen LogP contribution >= 0.6 is 15.9 Å². The maximum atomic E-state index is 14.5. The van der Waals surface area contributed by atoms with Crippen LogP contribution in [0.2, 0.25) is 0 Å². The fourth-order valence-electron chi connectivity index (χ4n) is 4.05. The van der Waals surface area contributed by atoms with Crippen molar-refractivity contribution in [2.75, 3.05) is 12.3 Å². The summed E-state index contributed by atoms with van der Waals surface area (Å²) < 4.78 is 22.7. The fraction of sp³-hybridized carbons (Fsp3) is 0.217. The quantitative estimate of drug-likeness (QED) is 0.314. The van der Waals surface area contributed by atoms with E-state index in [1.165, 1.54) is 12.1 Å². The van der Waals surface area contributed by atoms with Gasteiger partial charge in [0.25, 0.3) is 0 Å². The second kappa shape index (κ2) is 7.49. The number of ketones is 1. The summed E-state index contributed by atoms with van der Waals surface area (Å²) in [7, 11) is 0. The van der Waals surface area contributed by atoms with Crippen molar-refractivity contribution in [2.24, 2.45) is 0 Å². The standard InChI is InChI=1S/C23H19BrFN3O2/c24-18-11-16(21(26)14-6-2-1-5-13(14)18)23(29)15-8-9-19(25)22-17(15)12-28(27-22)20-7-3-4-10-30-20/h1-2,5-6,8-9,11-12,20H,3-4,7,10,26H2. The number of hydrogen-bond acceptors (Lipinski definition) is 4. The first-order valence-corrected chi connectivity index (χ1v) is 10.6. The first-order chi connectivity index (χ1) is 14.5. The lowest BCUT2D eigenvalue weighted by molar-refractivity contribution is -0.0391. The number of benzene rings is 3. The van der Waals surface area contributed by atoms with Gasteiger partial charge in [0.05, 0.1) is 5.69 Å². The van der Waals surface area contributed by atoms with E-state index in [-0.39, 0.29) is 17.5 Å². The number of anilines is 1. The molecular formula is C23H19BrFN3O2. The predicted molar refractivity (Wildman–Crippen MR) is 118 cm³/mol. The van der Waals surface area contributed by atoms with E-state index in [1.807, 2.05) is 24.3 Å². The average molecular weight is 468 g/mol. The van der Waals surface area contributed by atoms with Crippen LogP contribution in [0.15, 0.2) is 53.1 Å². The highest BCUT2D eigenvalue weighted by Gasteiger charge is 2.23. The third kappa shape index (κ3) is 3.09. The van der Waals surface area contributed by atoms with Crippen molar-refractivity contribution in [1.82, 2.24) is 9.78 Å². The van der Waals surface area contributed by atoms with E-state index in [0.717, 1.165) is 34.5 Å². The number of carbonyl (C=O) groups excluding carboxylic acids is 1. The summed E-state index contributed by atoms with van der Waals surface area (Å²) in [5, 5.41) is 6.56. The first kappa shape index (κ1) is 19.2. The summed E-state index contributed by atoms with van der Waals surface area (Å²) in [4.78, 5) is 13.5. The van der Waals surface area contributed by atoms with Gasteiger partial charge in [-0.05, 0) is 42.8 Å². The molecule has 1 aromatic heterocycles. The topological polar surface area (TPSA) is 70.1 Å². The number of hydrogen-bond donors (Lipinski definition) is 1. The van der Waals surface area contributed by atoms with Gasteiger partial charge in [-0.3, -0.25) is 4.79 Å². The Morgan fingerprint density at radius 2 is 1.93 bits per heavy atom. The Balaban J connectivity index is 1.65. The molecule has 5 rings (SSSR count). The van der Waals surface area contributed by atoms with E-state index >= 15 is 0 Å². The number of aromatic nitrogens is 2. The molecule has 7 heteroatoms. The Labute approximate surface area is 180 Å². The molecule has 1 aliphatic heterocycles. The van der Waals surface area contributed by atoms with Crippen molar-refractivity contribution in [3.8, 4) is 0 Å². The van der Waals surface area contributed by atoms with Gasteiger partial charge >= 0.3 is 0 Å². The van der Waals surface area contributed by atoms with Crippen LogP contribution in [0.4, 0.5) is 10.1 Å². The molecular weight excluding hydrogens is 449 g/mol. The predicted octanol–water partition coefficient (Wildman–Crippen LogP) is 5.60. The van der Waals surface area contributed by atoms with Crippen LogP contribution in [-0.4, -0.2) is 22.2 Å². The number of ether oxygens (including phenoxy) is 1. The molecule has 1 unspecified atom stereocenters. The van der Waals surface area contributed by atoms with Gasteiger partial charge in [0, 0.05) is 39.2 Å². The van der Waals surface area contributed by atoms with Crippen LogP contribution < -0.4 is 5.73 Å². The molecule has 3 aromatic carbocycles. The fourth-order valence-corrected chi connectivity index (χ4v) is 4.63. The number of nitrogen functional groups attached to an aromatic ring is 1. The number of nitrogens with two attached hydrogens (primary N) is 1. The lowest BCUT2D eigenvalue weighted by Crippen LogP contribution is -2.18. The van der Waals surface area contributed by atoms with Gasteiger partial charge in [0.2, 0.25) is 0 Å². The molecule has 0 spiro atoms. The molecule has 1 atom stereocenters. The van der Waals surface area contributed by atoms with Crippen LogP contribution in [0.25, 0.3) is 21.7 Å². The minimum Gasteiger partial charge on any atom is -0.398 e. The Morgan fingerprint density at radius 1 is 1.13 bits per heavy atom. The van der Waals surface area contributed by atoms with Crippen LogP contribution in [-0.2, 0) is 4.74 Å². The zero-order valence-corrected chi connectivity index (χ0v) is 17.7. The van der Waals surface area contributed by atoms with Crippen molar-refractivity contribution < 1.29 is 13.9 Å². The second-order valence-corrected chi connectivity index (χ2v) is 8.34. The molecule has 0 radical (unpaired) electrons. The SMILES string of the molecule is Nc1c(C(=O)c2ccc(F)c3nn(C4CCCCO4)cc23)cc(Br)c2ccccc12. The molecule has 5 nitrogen and oxygen atoms in total. The molecule has 0 bridgehead atoms. The molecule has 152 valence electrons. The minimum absolute atomic E-state index is 0.161. The van der Waals surface area contributed by atoms with E-state index in [0.29, 0.717) is 28.8 Å². The van der Waals surface area contributed by atoms with Crippen molar-refractivity contribution in [2.45, 2.75) is 25.5 Å². The highest BCUT2D eigenvalue weighted by Crippen LogP contribution is 2.34. The van der Waals surface area contributed by atoms with Gasteiger partial charge in [-0.2, -0.15) is 5.10 Å². The molecule has 0 aliphatic carbocycles. The lowest BCUT2D eigenvalue weighted by Gasteiger charge is -2.22. The maximum Gasteiger partial charge on any atom is 0.195 e. The molecule has 4 aromatic rings. The minimum atomic E-state index is -0.469. The van der Waals surface area contributed by atoms with Crippen LogP contribution in [0, 0.1) is 5.82 Å². The summed E-state index contributed by atoms with van der Waals surface area (Å²) in [6, 6.07) is 12.1. The zero-order valence-electron chi connectivity index (χ0n) is 16.1. The van der Waals surface area contributed by atoms with E-state index in [9.17, 15) is 9.18 Å². The van der Waals surface area contributed by atoms with Gasteiger partial charge < -0.3 is 10.5 Å². The largest absolute Gasteiger partial charge is 0.398 e. The van der Waals surface area contributed by atoms with E-state index in [4.69, 9.17) is 10.5 Å². The number of rotatable bonds is 3. The third-order valence-electron chi connectivity index (χ3n) is 5.62. The normalized spacial score (nSPS) is 16.9. The number of halogens is 2. The molecule has 2 heterocycles. The summed E-state index contributed by atoms with van der Waals surface area (Å²) in [5.74, 6) is -0.739. The van der Waals surface area contributed by atoms with Gasteiger partial charge in [0.1, 0.15) is 11.7 Å². The molecule has 1 saturated heterocycles. The van der Waals surface area contributed by atoms with Gasteiger partial charge in [-0.1, -0.05) is 40.2 Å². The maximum absolute atomic E-state index is 14.5. The van der Waals surface area contributed by atoms with Crippen molar-refractivity contribution in [3.05, 3.63) is 70.1 Å². The molecule has 2 N–H and O–H groups in total. The third-order valence-corrected chi connectivity index (χ3v) is 6.28. The van der Waals surface area contributed by atoms with E-state index in [2.05, 4.69) is 21.0 Å². The van der Waals surface area contributed by atoms with E-state index in [1.54, 1.807) is 16.9 Å². The van der Waals surface area contributed by atoms with Crippen molar-refractivity contribution in [1.29, 1.82) is 0 Å². The lowest BCUT2D eigenvalue weighted by atomic mass is 9.96. The van der Waals surface area contributed by atoms with Gasteiger partial charge in [-0.15, -0.1) is 0 Å². The Hall–Kier alpha value is -2.77. The molecule has 1 fully saturated rings. The highest BCUT2D eigenvalue weighted by atomic mass is 79.9. The monoisotopic (exact) mass is 467 g/mol. The average Bonchev–Trinajstić information content (AvgIpc) is 3.23. The molecule has 0 saturated carbocycles. The Bertz CT molecular complexity index is 1290. The zero-order chi connectivity index (χ0) is 20.8. The van der Waals surface area contributed by atoms with Crippen LogP contribution in [0.5, 0.6) is 0 Å². The number of fused-ring (bicyclic) bond motifs is 2. The van der Waals surface area contributed by atoms with Crippen LogP contribution in [0.1, 0.15) is 41.4 Å². The summed E-state index contributed by atoms with van der Waals surface area (Å²) >= 11 is 3.54. The number of nitrogens with zero attached hydrogens (tertiary/aromatic N) is 2. The van der Waals surface area contributed by atoms with Crippen molar-refractivity contribution in [3.63, 3.8) is 0 Å². The van der Waals surface area contributed by atoms with Crippen molar-refractivity contribution >= 4 is 49.1 Å². The number of carbonyl (C=O) groups is 1. The Morgan fingerprint density at radius 3 is 2.70 bits per heavy atom. The second-order valence-electron chi connectivity index (χ2n) is 7.48. The van der Waals surface area contributed by atoms with Gasteiger partial charge in [-0.25, -0.2) is 9.07 Å².